The van der Waals surface area contributed by atoms with Gasteiger partial charge in [0.15, 0.2) is 5.78 Å². The summed E-state index contributed by atoms with van der Waals surface area (Å²) >= 11 is 0. The molecule has 72 valence electrons. The number of piperazine rings is 1. The van der Waals surface area contributed by atoms with Gasteiger partial charge in [0.1, 0.15) is 5.70 Å². The molecule has 1 fully saturated rings. The molecule has 1 aliphatic rings. The molecule has 1 aliphatic heterocycles. The van der Waals surface area contributed by atoms with Crippen LogP contribution >= 0.6 is 0 Å². The lowest BCUT2D eigenvalue weighted by Gasteiger charge is -2.23. The molecule has 0 aliphatic carbocycles. The van der Waals surface area contributed by atoms with Crippen LogP contribution in [0.1, 0.15) is 20.3 Å². The van der Waals surface area contributed by atoms with E-state index in [-0.39, 0.29) is 17.7 Å². The largest absolute Gasteiger partial charge is 0.378 e. The first kappa shape index (κ1) is 9.77. The lowest BCUT2D eigenvalue weighted by atomic mass is 10.2. The molecule has 0 aromatic heterocycles. The van der Waals surface area contributed by atoms with E-state index in [1.807, 2.05) is 6.92 Å². The lowest BCUT2D eigenvalue weighted by Crippen LogP contribution is -2.49. The number of rotatable bonds is 2. The van der Waals surface area contributed by atoms with Gasteiger partial charge in [0.05, 0.1) is 0 Å². The van der Waals surface area contributed by atoms with Gasteiger partial charge >= 0.3 is 0 Å². The Balaban J connectivity index is 2.66. The molecule has 0 radical (unpaired) electrons. The first-order valence-corrected chi connectivity index (χ1v) is 4.42. The molecule has 0 aromatic carbocycles. The summed E-state index contributed by atoms with van der Waals surface area (Å²) in [7, 11) is 0. The average molecular weight is 182 g/mol. The van der Waals surface area contributed by atoms with Crippen molar-refractivity contribution in [3.05, 3.63) is 11.8 Å². The van der Waals surface area contributed by atoms with E-state index < -0.39 is 0 Å². The van der Waals surface area contributed by atoms with Crippen LogP contribution in [0.25, 0.3) is 0 Å². The topological polar surface area (TPSA) is 58.2 Å². The van der Waals surface area contributed by atoms with Crippen molar-refractivity contribution in [3.8, 4) is 0 Å². The van der Waals surface area contributed by atoms with Crippen LogP contribution in [0.2, 0.25) is 0 Å². The fourth-order valence-electron chi connectivity index (χ4n) is 1.08. The first-order valence-electron chi connectivity index (χ1n) is 4.42. The molecule has 0 spiro atoms. The molecule has 0 saturated carbocycles. The molecule has 0 bridgehead atoms. The predicted molar refractivity (Wildman–Crippen MR) is 49.0 cm³/mol. The van der Waals surface area contributed by atoms with Gasteiger partial charge < -0.3 is 10.6 Å². The van der Waals surface area contributed by atoms with Gasteiger partial charge in [-0.1, -0.05) is 6.92 Å². The second kappa shape index (κ2) is 4.07. The van der Waals surface area contributed by atoms with Crippen molar-refractivity contribution >= 4 is 11.7 Å². The number of ketones is 1. The molecular formula is C9H14N2O2. The lowest BCUT2D eigenvalue weighted by molar-refractivity contribution is -0.120. The number of hydrogen-bond acceptors (Lipinski definition) is 3. The number of amides is 1. The van der Waals surface area contributed by atoms with Gasteiger partial charge in [-0.25, -0.2) is 0 Å². The minimum atomic E-state index is -0.194. The Hall–Kier alpha value is -1.32. The summed E-state index contributed by atoms with van der Waals surface area (Å²) in [6, 6.07) is 0.126. The van der Waals surface area contributed by atoms with Gasteiger partial charge in [0, 0.05) is 25.1 Å². The van der Waals surface area contributed by atoms with Crippen LogP contribution in [-0.2, 0) is 9.59 Å². The van der Waals surface area contributed by atoms with E-state index >= 15 is 0 Å². The second-order valence-corrected chi connectivity index (χ2v) is 3.13. The molecular weight excluding hydrogens is 168 g/mol. The van der Waals surface area contributed by atoms with Crippen molar-refractivity contribution < 1.29 is 9.59 Å². The van der Waals surface area contributed by atoms with Crippen molar-refractivity contribution in [3.63, 3.8) is 0 Å². The summed E-state index contributed by atoms with van der Waals surface area (Å²) in [5.74, 6) is -0.229. The van der Waals surface area contributed by atoms with Crippen LogP contribution < -0.4 is 10.6 Å². The zero-order chi connectivity index (χ0) is 9.84. The maximum Gasteiger partial charge on any atom is 0.267 e. The average Bonchev–Trinajstić information content (AvgIpc) is 2.09. The molecule has 1 unspecified atom stereocenters. The second-order valence-electron chi connectivity index (χ2n) is 3.13. The van der Waals surface area contributed by atoms with Crippen LogP contribution in [0.15, 0.2) is 11.8 Å². The molecule has 0 aromatic rings. The third-order valence-corrected chi connectivity index (χ3v) is 1.87. The van der Waals surface area contributed by atoms with Crippen LogP contribution in [0.4, 0.5) is 0 Å². The maximum atomic E-state index is 11.3. The summed E-state index contributed by atoms with van der Waals surface area (Å²) in [4.78, 5) is 22.3. The van der Waals surface area contributed by atoms with Gasteiger partial charge in [-0.3, -0.25) is 9.59 Å². The quantitative estimate of drug-likeness (QED) is 0.589. The summed E-state index contributed by atoms with van der Waals surface area (Å²) < 4.78 is 0. The van der Waals surface area contributed by atoms with Crippen LogP contribution in [0.5, 0.6) is 0 Å². The standard InChI is InChI=1S/C9H14N2O2/c1-3-7(12)4-8-9(13)11-6(2)5-10-8/h4,6,10H,3,5H2,1-2H3,(H,11,13)/b8-4+. The van der Waals surface area contributed by atoms with E-state index in [2.05, 4.69) is 10.6 Å². The Morgan fingerprint density at radius 3 is 2.92 bits per heavy atom. The number of allylic oxidation sites excluding steroid dienone is 1. The van der Waals surface area contributed by atoms with Crippen molar-refractivity contribution in [2.75, 3.05) is 6.54 Å². The van der Waals surface area contributed by atoms with Gasteiger partial charge in [0.25, 0.3) is 5.91 Å². The molecule has 4 nitrogen and oxygen atoms in total. The zero-order valence-corrected chi connectivity index (χ0v) is 7.89. The van der Waals surface area contributed by atoms with Gasteiger partial charge in [0.2, 0.25) is 0 Å². The third-order valence-electron chi connectivity index (χ3n) is 1.87. The van der Waals surface area contributed by atoms with Crippen molar-refractivity contribution in [2.24, 2.45) is 0 Å². The van der Waals surface area contributed by atoms with Crippen molar-refractivity contribution in [1.82, 2.24) is 10.6 Å². The molecule has 13 heavy (non-hydrogen) atoms. The predicted octanol–water partition coefficient (Wildman–Crippen LogP) is -0.0427. The fraction of sp³-hybridized carbons (Fsp3) is 0.556. The number of carbonyl (C=O) groups excluding carboxylic acids is 2. The summed E-state index contributed by atoms with van der Waals surface area (Å²) in [5.41, 5.74) is 0.380. The molecule has 1 saturated heterocycles. The summed E-state index contributed by atoms with van der Waals surface area (Å²) in [6.07, 6.45) is 1.79. The Bertz CT molecular complexity index is 258. The highest BCUT2D eigenvalue weighted by atomic mass is 16.2. The molecule has 1 heterocycles. The van der Waals surface area contributed by atoms with Crippen LogP contribution in [0, 0.1) is 0 Å². The highest BCUT2D eigenvalue weighted by Gasteiger charge is 2.18. The van der Waals surface area contributed by atoms with Crippen LogP contribution in [-0.4, -0.2) is 24.3 Å². The van der Waals surface area contributed by atoms with E-state index in [1.165, 1.54) is 6.08 Å². The summed E-state index contributed by atoms with van der Waals surface area (Å²) in [6.45, 7) is 4.35. The Labute approximate surface area is 77.4 Å². The smallest absolute Gasteiger partial charge is 0.267 e. The number of nitrogens with one attached hydrogen (secondary N) is 2. The van der Waals surface area contributed by atoms with E-state index in [1.54, 1.807) is 6.92 Å². The maximum absolute atomic E-state index is 11.3. The highest BCUT2D eigenvalue weighted by molar-refractivity contribution is 6.01. The molecule has 1 atom stereocenters. The monoisotopic (exact) mass is 182 g/mol. The van der Waals surface area contributed by atoms with Gasteiger partial charge in [-0.05, 0) is 6.92 Å². The van der Waals surface area contributed by atoms with Gasteiger partial charge in [-0.15, -0.1) is 0 Å². The minimum Gasteiger partial charge on any atom is -0.378 e. The molecule has 2 N–H and O–H groups in total. The Morgan fingerprint density at radius 1 is 1.69 bits per heavy atom. The number of hydrogen-bond donors (Lipinski definition) is 2. The van der Waals surface area contributed by atoms with E-state index in [0.29, 0.717) is 18.7 Å². The first-order chi connectivity index (χ1) is 6.13. The van der Waals surface area contributed by atoms with E-state index in [4.69, 9.17) is 0 Å². The van der Waals surface area contributed by atoms with Crippen LogP contribution in [0.3, 0.4) is 0 Å². The van der Waals surface area contributed by atoms with Crippen molar-refractivity contribution in [2.45, 2.75) is 26.3 Å². The molecule has 1 rings (SSSR count). The SMILES string of the molecule is CCC(=O)/C=C1/NCC(C)NC1=O. The Morgan fingerprint density at radius 2 is 2.38 bits per heavy atom. The third kappa shape index (κ3) is 2.57. The highest BCUT2D eigenvalue weighted by Crippen LogP contribution is 1.99. The molecule has 1 amide bonds. The van der Waals surface area contributed by atoms with E-state index in [0.717, 1.165) is 0 Å². The zero-order valence-electron chi connectivity index (χ0n) is 7.89. The number of carbonyl (C=O) groups is 2. The fourth-order valence-corrected chi connectivity index (χ4v) is 1.08. The minimum absolute atomic E-state index is 0.0350. The Kier molecular flexibility index (Phi) is 3.06. The van der Waals surface area contributed by atoms with Gasteiger partial charge in [-0.2, -0.15) is 0 Å². The summed E-state index contributed by atoms with van der Waals surface area (Å²) in [5, 5.41) is 5.65. The van der Waals surface area contributed by atoms with Crippen molar-refractivity contribution in [1.29, 1.82) is 0 Å². The van der Waals surface area contributed by atoms with E-state index in [9.17, 15) is 9.59 Å². The molecule has 4 heteroatoms. The normalized spacial score (nSPS) is 25.2.